The Morgan fingerprint density at radius 2 is 1.25 bits per heavy atom. The van der Waals surface area contributed by atoms with Crippen LogP contribution >= 0.6 is 0 Å². The van der Waals surface area contributed by atoms with Crippen LogP contribution in [0, 0.1) is 0 Å². The van der Waals surface area contributed by atoms with Crippen LogP contribution in [0.2, 0.25) is 0 Å². The molecule has 0 amide bonds. The molecule has 0 saturated heterocycles. The van der Waals surface area contributed by atoms with Crippen molar-refractivity contribution in [1.29, 1.82) is 0 Å². The van der Waals surface area contributed by atoms with Gasteiger partial charge in [0.05, 0.1) is 0 Å². The summed E-state index contributed by atoms with van der Waals surface area (Å²) in [6, 6.07) is 0. The molecule has 4 heavy (non-hydrogen) atoms. The maximum absolute atomic E-state index is 8.06. The monoisotopic (exact) mass is 90.0 g/mol. The van der Waals surface area contributed by atoms with Gasteiger partial charge in [-0.3, -0.25) is 4.21 Å². The molecule has 0 aliphatic heterocycles. The van der Waals surface area contributed by atoms with Gasteiger partial charge in [-0.15, -0.1) is 0 Å². The van der Waals surface area contributed by atoms with Crippen molar-refractivity contribution in [2.75, 3.05) is 0 Å². The fourth-order valence-corrected chi connectivity index (χ4v) is 0. The second-order valence-corrected chi connectivity index (χ2v) is 0. The molecule has 0 aliphatic carbocycles. The van der Waals surface area contributed by atoms with E-state index >= 15 is 0 Å². The van der Waals surface area contributed by atoms with Crippen molar-refractivity contribution in [3.63, 3.8) is 0 Å². The SMILES string of the molecule is O=[SH2].[Mg+2].[O-2]. The molecule has 0 fully saturated rings. The van der Waals surface area contributed by atoms with Gasteiger partial charge in [-0.2, -0.15) is 0 Å². The zero-order valence-corrected chi connectivity index (χ0v) is 4.44. The molecular formula is H2MgO2S. The molecular weight excluding hydrogens is 88.4 g/mol. The van der Waals surface area contributed by atoms with Crippen LogP contribution in [0.15, 0.2) is 0 Å². The molecule has 0 unspecified atom stereocenters. The van der Waals surface area contributed by atoms with E-state index in [4.69, 9.17) is 4.21 Å². The Morgan fingerprint density at radius 3 is 1.25 bits per heavy atom. The Labute approximate surface area is 45.6 Å². The average Bonchev–Trinajstić information content (AvgIpc) is 1.00. The van der Waals surface area contributed by atoms with Gasteiger partial charge in [0, 0.05) is 0 Å². The van der Waals surface area contributed by atoms with Crippen LogP contribution < -0.4 is 0 Å². The standard InChI is InChI=1S/Mg.H2OS.O/c;1-2;/h;2H2;/q+2;;-2. The maximum atomic E-state index is 8.06. The summed E-state index contributed by atoms with van der Waals surface area (Å²) in [6.07, 6.45) is 0. The van der Waals surface area contributed by atoms with Gasteiger partial charge < -0.3 is 5.48 Å². The predicted octanol–water partition coefficient (Wildman–Crippen LogP) is -1.37. The molecule has 0 aromatic heterocycles. The third-order valence-corrected chi connectivity index (χ3v) is 0. The molecule has 0 aromatic rings. The second kappa shape index (κ2) is 41.8. The van der Waals surface area contributed by atoms with Gasteiger partial charge in [-0.25, -0.2) is 0 Å². The molecule has 0 aromatic carbocycles. The van der Waals surface area contributed by atoms with Crippen LogP contribution in [-0.4, -0.2) is 27.3 Å². The van der Waals surface area contributed by atoms with Gasteiger partial charge in [0.1, 0.15) is 0 Å². The van der Waals surface area contributed by atoms with E-state index in [1.807, 2.05) is 0 Å². The summed E-state index contributed by atoms with van der Waals surface area (Å²) < 4.78 is 8.06. The molecule has 0 N–H and O–H groups in total. The smallest absolute Gasteiger partial charge is 2.00 e. The van der Waals surface area contributed by atoms with E-state index in [9.17, 15) is 0 Å². The van der Waals surface area contributed by atoms with Crippen LogP contribution in [0.1, 0.15) is 0 Å². The third-order valence-electron chi connectivity index (χ3n) is 0. The Bertz CT molecular complexity index is 6.00. The minimum Gasteiger partial charge on any atom is -2.00 e. The quantitative estimate of drug-likeness (QED) is 0.339. The van der Waals surface area contributed by atoms with E-state index in [1.165, 1.54) is 0 Å². The fourth-order valence-electron chi connectivity index (χ4n) is 0. The first-order valence-corrected chi connectivity index (χ1v) is 0.612. The second-order valence-electron chi connectivity index (χ2n) is 0. The summed E-state index contributed by atoms with van der Waals surface area (Å²) in [7, 11) is 0. The molecule has 2 nitrogen and oxygen atoms in total. The van der Waals surface area contributed by atoms with E-state index in [0.29, 0.717) is 0 Å². The number of hydrogen-bond donors (Lipinski definition) is 0. The van der Waals surface area contributed by atoms with E-state index in [1.54, 1.807) is 12.5 Å². The number of hydrogen-bond acceptors (Lipinski definition) is 1. The summed E-state index contributed by atoms with van der Waals surface area (Å²) in [5, 5.41) is 0. The first-order valence-electron chi connectivity index (χ1n) is 0.204. The van der Waals surface area contributed by atoms with Gasteiger partial charge in [-0.1, -0.05) is 0 Å². The van der Waals surface area contributed by atoms with Crippen LogP contribution in [-0.2, 0) is 18.0 Å². The van der Waals surface area contributed by atoms with Crippen LogP contribution in [0.4, 0.5) is 0 Å². The Balaban J connectivity index is -0.00000000500. The normalized spacial score (nSPS) is 1.25. The zero-order chi connectivity index (χ0) is 2.00. The van der Waals surface area contributed by atoms with Crippen LogP contribution in [0.3, 0.4) is 0 Å². The molecule has 0 saturated carbocycles. The summed E-state index contributed by atoms with van der Waals surface area (Å²) in [6.45, 7) is 0. The van der Waals surface area contributed by atoms with E-state index in [-0.39, 0.29) is 28.5 Å². The Hall–Kier alpha value is 0.876. The molecule has 0 radical (unpaired) electrons. The van der Waals surface area contributed by atoms with E-state index in [0.717, 1.165) is 0 Å². The molecule has 0 atom stereocenters. The minimum absolute atomic E-state index is 0. The minimum atomic E-state index is 0. The third kappa shape index (κ3) is 13.2. The Morgan fingerprint density at radius 1 is 1.25 bits per heavy atom. The van der Waals surface area contributed by atoms with Crippen molar-refractivity contribution in [1.82, 2.24) is 0 Å². The first kappa shape index (κ1) is 20.8. The zero-order valence-electron chi connectivity index (χ0n) is 2.02. The Kier molecular flexibility index (Phi) is 217. The number of rotatable bonds is 0. The molecule has 0 spiro atoms. The molecule has 4 heteroatoms. The fraction of sp³-hybridized carbons (Fsp3) is 0. The molecule has 0 aliphatic rings. The van der Waals surface area contributed by atoms with Gasteiger partial charge in [0.15, 0.2) is 0 Å². The topological polar surface area (TPSA) is 45.6 Å². The van der Waals surface area contributed by atoms with E-state index in [2.05, 4.69) is 0 Å². The van der Waals surface area contributed by atoms with Crippen molar-refractivity contribution in [2.45, 2.75) is 0 Å². The van der Waals surface area contributed by atoms with E-state index < -0.39 is 0 Å². The molecule has 0 bridgehead atoms. The van der Waals surface area contributed by atoms with Gasteiger partial charge in [-0.05, 0) is 12.5 Å². The molecule has 22 valence electrons. The summed E-state index contributed by atoms with van der Waals surface area (Å²) in [5.74, 6) is 0. The van der Waals surface area contributed by atoms with Gasteiger partial charge >= 0.3 is 23.1 Å². The van der Waals surface area contributed by atoms with Crippen LogP contribution in [0.25, 0.3) is 0 Å². The van der Waals surface area contributed by atoms with Crippen molar-refractivity contribution < 1.29 is 9.69 Å². The van der Waals surface area contributed by atoms with Gasteiger partial charge in [0.2, 0.25) is 0 Å². The summed E-state index contributed by atoms with van der Waals surface area (Å²) in [4.78, 5) is 0. The molecule has 0 rings (SSSR count). The maximum Gasteiger partial charge on any atom is 2.00 e. The largest absolute Gasteiger partial charge is 2.00 e. The molecule has 0 heterocycles. The van der Waals surface area contributed by atoms with Gasteiger partial charge in [0.25, 0.3) is 0 Å². The first-order chi connectivity index (χ1) is 1.00. The van der Waals surface area contributed by atoms with Crippen molar-refractivity contribution in [2.24, 2.45) is 0 Å². The van der Waals surface area contributed by atoms with Crippen LogP contribution in [0.5, 0.6) is 0 Å². The predicted molar refractivity (Wildman–Crippen MR) is 17.4 cm³/mol. The summed E-state index contributed by atoms with van der Waals surface area (Å²) in [5.41, 5.74) is 0. The van der Waals surface area contributed by atoms with Crippen molar-refractivity contribution in [3.05, 3.63) is 0 Å². The van der Waals surface area contributed by atoms with Crippen molar-refractivity contribution in [3.8, 4) is 0 Å². The summed E-state index contributed by atoms with van der Waals surface area (Å²) >= 11 is 1.72. The van der Waals surface area contributed by atoms with Crippen molar-refractivity contribution >= 4 is 35.6 Å². The average molecular weight is 90.4 g/mol.